The zero-order valence-corrected chi connectivity index (χ0v) is 16.4. The molecule has 6 heteroatoms. The van der Waals surface area contributed by atoms with Crippen LogP contribution in [0.1, 0.15) is 58.8 Å². The number of amides is 2. The second-order valence-electron chi connectivity index (χ2n) is 8.27. The fourth-order valence-electron chi connectivity index (χ4n) is 4.68. The van der Waals surface area contributed by atoms with Crippen LogP contribution in [0.15, 0.2) is 0 Å². The molecule has 2 aliphatic heterocycles. The molecule has 3 aliphatic rings. The summed E-state index contributed by atoms with van der Waals surface area (Å²) in [4.78, 5) is 29.2. The predicted octanol–water partition coefficient (Wildman–Crippen LogP) is 1.78. The highest BCUT2D eigenvalue weighted by Gasteiger charge is 2.34. The van der Waals surface area contributed by atoms with E-state index in [1.54, 1.807) is 0 Å². The molecule has 0 aromatic rings. The van der Waals surface area contributed by atoms with Gasteiger partial charge in [-0.2, -0.15) is 0 Å². The molecule has 2 saturated heterocycles. The number of nitrogens with one attached hydrogen (secondary N) is 1. The maximum atomic E-state index is 13.1. The van der Waals surface area contributed by atoms with Crippen molar-refractivity contribution in [3.05, 3.63) is 0 Å². The summed E-state index contributed by atoms with van der Waals surface area (Å²) in [6.45, 7) is 7.77. The number of piperidine rings is 1. The molecule has 1 N–H and O–H groups in total. The summed E-state index contributed by atoms with van der Waals surface area (Å²) in [7, 11) is 0. The number of likely N-dealkylation sites (tertiary alicyclic amines) is 1. The fourth-order valence-corrected chi connectivity index (χ4v) is 4.68. The van der Waals surface area contributed by atoms with Gasteiger partial charge in [0.2, 0.25) is 5.91 Å². The highest BCUT2D eigenvalue weighted by atomic mass is 16.5. The second-order valence-corrected chi connectivity index (χ2v) is 8.27. The zero-order chi connectivity index (χ0) is 18.5. The molecule has 0 radical (unpaired) electrons. The monoisotopic (exact) mass is 365 g/mol. The van der Waals surface area contributed by atoms with Crippen molar-refractivity contribution in [3.63, 3.8) is 0 Å². The summed E-state index contributed by atoms with van der Waals surface area (Å²) < 4.78 is 6.25. The van der Waals surface area contributed by atoms with Crippen molar-refractivity contribution in [1.82, 2.24) is 15.1 Å². The molecule has 2 amide bonds. The molecule has 6 nitrogen and oxygen atoms in total. The maximum Gasteiger partial charge on any atom is 0.251 e. The number of ether oxygens (including phenoxy) is 1. The van der Waals surface area contributed by atoms with Gasteiger partial charge in [-0.25, -0.2) is 0 Å². The standard InChI is InChI=1S/C20H35N3O3/c1-3-18(26-17-8-4-6-15(2)12-17)20(25)22-10-5-7-16(14-22)23-11-9-21-13-19(23)24/h15-18,21H,3-14H2,1-2H3. The Balaban J connectivity index is 1.57. The van der Waals surface area contributed by atoms with Crippen LogP contribution in [-0.4, -0.2) is 72.6 Å². The second kappa shape index (κ2) is 9.18. The van der Waals surface area contributed by atoms with E-state index < -0.39 is 0 Å². The summed E-state index contributed by atoms with van der Waals surface area (Å²) in [5, 5.41) is 3.12. The Morgan fingerprint density at radius 2 is 2.12 bits per heavy atom. The number of hydrogen-bond acceptors (Lipinski definition) is 4. The number of carbonyl (C=O) groups excluding carboxylic acids is 2. The summed E-state index contributed by atoms with van der Waals surface area (Å²) in [5.74, 6) is 0.979. The molecule has 0 bridgehead atoms. The van der Waals surface area contributed by atoms with Gasteiger partial charge < -0.3 is 19.9 Å². The summed E-state index contributed by atoms with van der Waals surface area (Å²) in [6.07, 6.45) is 7.19. The van der Waals surface area contributed by atoms with Gasteiger partial charge in [0.25, 0.3) is 5.91 Å². The molecule has 148 valence electrons. The molecular formula is C20H35N3O3. The van der Waals surface area contributed by atoms with Crippen LogP contribution in [0.4, 0.5) is 0 Å². The molecule has 0 spiro atoms. The van der Waals surface area contributed by atoms with Gasteiger partial charge in [-0.1, -0.05) is 26.7 Å². The van der Waals surface area contributed by atoms with Crippen LogP contribution < -0.4 is 5.32 Å². The number of nitrogens with zero attached hydrogens (tertiary/aromatic N) is 2. The van der Waals surface area contributed by atoms with E-state index >= 15 is 0 Å². The van der Waals surface area contributed by atoms with Gasteiger partial charge >= 0.3 is 0 Å². The van der Waals surface area contributed by atoms with Gasteiger partial charge in [0.05, 0.1) is 12.6 Å². The first-order chi connectivity index (χ1) is 12.6. The summed E-state index contributed by atoms with van der Waals surface area (Å²) >= 11 is 0. The van der Waals surface area contributed by atoms with Gasteiger partial charge in [-0.05, 0) is 38.0 Å². The third-order valence-electron chi connectivity index (χ3n) is 6.17. The fraction of sp³-hybridized carbons (Fsp3) is 0.900. The van der Waals surface area contributed by atoms with Crippen molar-refractivity contribution in [1.29, 1.82) is 0 Å². The van der Waals surface area contributed by atoms with E-state index in [4.69, 9.17) is 4.74 Å². The van der Waals surface area contributed by atoms with Crippen molar-refractivity contribution < 1.29 is 14.3 Å². The van der Waals surface area contributed by atoms with Gasteiger partial charge in [0.1, 0.15) is 6.10 Å². The maximum absolute atomic E-state index is 13.1. The third-order valence-corrected chi connectivity index (χ3v) is 6.17. The molecule has 2 heterocycles. The lowest BCUT2D eigenvalue weighted by Crippen LogP contribution is -2.58. The smallest absolute Gasteiger partial charge is 0.251 e. The lowest BCUT2D eigenvalue weighted by Gasteiger charge is -2.42. The quantitative estimate of drug-likeness (QED) is 0.807. The molecule has 4 atom stereocenters. The van der Waals surface area contributed by atoms with Crippen molar-refractivity contribution in [3.8, 4) is 0 Å². The number of piperazine rings is 1. The Bertz CT molecular complexity index is 499. The normalized spacial score (nSPS) is 31.8. The Kier molecular flexibility index (Phi) is 6.92. The minimum absolute atomic E-state index is 0.123. The van der Waals surface area contributed by atoms with Crippen molar-refractivity contribution in [2.24, 2.45) is 5.92 Å². The molecule has 3 fully saturated rings. The van der Waals surface area contributed by atoms with Crippen molar-refractivity contribution in [2.75, 3.05) is 32.7 Å². The van der Waals surface area contributed by atoms with Gasteiger partial charge in [0, 0.05) is 32.2 Å². The molecule has 1 aliphatic carbocycles. The molecule has 3 rings (SSSR count). The van der Waals surface area contributed by atoms with Crippen LogP contribution in [0.5, 0.6) is 0 Å². The van der Waals surface area contributed by atoms with Crippen LogP contribution >= 0.6 is 0 Å². The van der Waals surface area contributed by atoms with E-state index in [0.717, 1.165) is 51.7 Å². The van der Waals surface area contributed by atoms with Gasteiger partial charge in [0.15, 0.2) is 0 Å². The number of hydrogen-bond donors (Lipinski definition) is 1. The van der Waals surface area contributed by atoms with E-state index in [9.17, 15) is 9.59 Å². The third kappa shape index (κ3) is 4.77. The molecule has 4 unspecified atom stereocenters. The molecule has 0 aromatic carbocycles. The Morgan fingerprint density at radius 3 is 2.85 bits per heavy atom. The van der Waals surface area contributed by atoms with Crippen molar-refractivity contribution >= 4 is 11.8 Å². The highest BCUT2D eigenvalue weighted by molar-refractivity contribution is 5.82. The average Bonchev–Trinajstić information content (AvgIpc) is 2.66. The lowest BCUT2D eigenvalue weighted by molar-refractivity contribution is -0.153. The van der Waals surface area contributed by atoms with E-state index in [-0.39, 0.29) is 30.1 Å². The molecular weight excluding hydrogens is 330 g/mol. The van der Waals surface area contributed by atoms with E-state index in [1.807, 2.05) is 16.7 Å². The van der Waals surface area contributed by atoms with Gasteiger partial charge in [-0.15, -0.1) is 0 Å². The Labute approximate surface area is 157 Å². The van der Waals surface area contributed by atoms with E-state index in [2.05, 4.69) is 12.2 Å². The van der Waals surface area contributed by atoms with Crippen LogP contribution in [0.25, 0.3) is 0 Å². The van der Waals surface area contributed by atoms with Crippen LogP contribution in [0, 0.1) is 5.92 Å². The number of rotatable bonds is 5. The largest absolute Gasteiger partial charge is 0.365 e. The highest BCUT2D eigenvalue weighted by Crippen LogP contribution is 2.28. The summed E-state index contributed by atoms with van der Waals surface area (Å²) in [5.41, 5.74) is 0. The first-order valence-electron chi connectivity index (χ1n) is 10.5. The zero-order valence-electron chi connectivity index (χ0n) is 16.4. The van der Waals surface area contributed by atoms with E-state index in [0.29, 0.717) is 19.0 Å². The Hall–Kier alpha value is -1.14. The SMILES string of the molecule is CCC(OC1CCCC(C)C1)C(=O)N1CCCC(N2CCNCC2=O)C1. The minimum atomic E-state index is -0.331. The molecule has 26 heavy (non-hydrogen) atoms. The van der Waals surface area contributed by atoms with Crippen LogP contribution in [0.3, 0.4) is 0 Å². The molecule has 0 aromatic heterocycles. The minimum Gasteiger partial charge on any atom is -0.365 e. The van der Waals surface area contributed by atoms with Crippen molar-refractivity contribution in [2.45, 2.75) is 77.0 Å². The van der Waals surface area contributed by atoms with E-state index in [1.165, 1.54) is 12.8 Å². The predicted molar refractivity (Wildman–Crippen MR) is 101 cm³/mol. The first-order valence-corrected chi connectivity index (χ1v) is 10.5. The van der Waals surface area contributed by atoms with Crippen LogP contribution in [0.2, 0.25) is 0 Å². The number of carbonyl (C=O) groups is 2. The van der Waals surface area contributed by atoms with Crippen LogP contribution in [-0.2, 0) is 14.3 Å². The lowest BCUT2D eigenvalue weighted by atomic mass is 9.88. The molecule has 1 saturated carbocycles. The Morgan fingerprint density at radius 1 is 1.27 bits per heavy atom. The first kappa shape index (κ1) is 19.6. The summed E-state index contributed by atoms with van der Waals surface area (Å²) in [6, 6.07) is 0.162. The average molecular weight is 366 g/mol. The van der Waals surface area contributed by atoms with Gasteiger partial charge in [-0.3, -0.25) is 9.59 Å². The topological polar surface area (TPSA) is 61.9 Å².